The Hall–Kier alpha value is -3.44. The number of piperidine rings is 1. The second kappa shape index (κ2) is 10.2. The Bertz CT molecular complexity index is 1060. The molecule has 0 aromatic heterocycles. The van der Waals surface area contributed by atoms with Gasteiger partial charge < -0.3 is 10.6 Å². The highest BCUT2D eigenvalue weighted by Crippen LogP contribution is 2.19. The number of amides is 2. The van der Waals surface area contributed by atoms with Gasteiger partial charge in [-0.15, -0.1) is 0 Å². The largest absolute Gasteiger partial charge is 0.349 e. The van der Waals surface area contributed by atoms with Crippen molar-refractivity contribution in [3.63, 3.8) is 0 Å². The molecule has 3 aromatic rings. The van der Waals surface area contributed by atoms with E-state index in [1.165, 1.54) is 5.56 Å². The van der Waals surface area contributed by atoms with Crippen LogP contribution in [0.3, 0.4) is 0 Å². The number of carbonyl (C=O) groups excluding carboxylic acids is 2. The minimum atomic E-state index is -0.183. The summed E-state index contributed by atoms with van der Waals surface area (Å²) in [4.78, 5) is 27.8. The maximum Gasteiger partial charge on any atom is 0.255 e. The van der Waals surface area contributed by atoms with Crippen LogP contribution in [-0.4, -0.2) is 35.8 Å². The molecule has 0 radical (unpaired) electrons. The van der Waals surface area contributed by atoms with E-state index in [4.69, 9.17) is 0 Å². The Morgan fingerprint density at radius 3 is 2.19 bits per heavy atom. The fraction of sp³-hybridized carbons (Fsp3) is 0.259. The molecule has 1 aliphatic heterocycles. The van der Waals surface area contributed by atoms with Crippen LogP contribution in [0.5, 0.6) is 0 Å². The quantitative estimate of drug-likeness (QED) is 0.602. The Kier molecular flexibility index (Phi) is 6.97. The molecule has 0 bridgehead atoms. The van der Waals surface area contributed by atoms with Gasteiger partial charge in [0.15, 0.2) is 0 Å². The first kappa shape index (κ1) is 21.8. The summed E-state index contributed by atoms with van der Waals surface area (Å²) < 4.78 is 0. The summed E-state index contributed by atoms with van der Waals surface area (Å²) in [5.41, 5.74) is 4.04. The van der Waals surface area contributed by atoms with Gasteiger partial charge in [-0.05, 0) is 55.2 Å². The first-order valence-electron chi connectivity index (χ1n) is 11.1. The van der Waals surface area contributed by atoms with Crippen LogP contribution in [-0.2, 0) is 6.54 Å². The van der Waals surface area contributed by atoms with Crippen LogP contribution in [0.4, 0.5) is 5.69 Å². The molecule has 3 aromatic carbocycles. The van der Waals surface area contributed by atoms with Crippen LogP contribution >= 0.6 is 0 Å². The van der Waals surface area contributed by atoms with E-state index in [1.54, 1.807) is 18.2 Å². The highest BCUT2D eigenvalue weighted by atomic mass is 16.2. The molecule has 2 N–H and O–H groups in total. The standard InChI is InChI=1S/C27H29N3O2/c1-20-12-13-23(18-25(20)29-26(31)22-10-6-3-7-11-22)27(32)28-24-14-16-30(17-15-24)19-21-8-4-2-5-9-21/h2-13,18,24H,14-17,19H2,1H3,(H,28,32)(H,29,31). The molecule has 1 heterocycles. The number of nitrogens with zero attached hydrogens (tertiary/aromatic N) is 1. The number of rotatable bonds is 6. The molecule has 1 aliphatic rings. The smallest absolute Gasteiger partial charge is 0.255 e. The van der Waals surface area contributed by atoms with Gasteiger partial charge in [-0.25, -0.2) is 0 Å². The van der Waals surface area contributed by atoms with Gasteiger partial charge in [0.1, 0.15) is 0 Å². The lowest BCUT2D eigenvalue weighted by atomic mass is 10.0. The van der Waals surface area contributed by atoms with Crippen molar-refractivity contribution < 1.29 is 9.59 Å². The van der Waals surface area contributed by atoms with Gasteiger partial charge >= 0.3 is 0 Å². The van der Waals surface area contributed by atoms with Gasteiger partial charge in [0.2, 0.25) is 0 Å². The molecule has 164 valence electrons. The van der Waals surface area contributed by atoms with Crippen molar-refractivity contribution in [3.05, 3.63) is 101 Å². The molecular weight excluding hydrogens is 398 g/mol. The number of benzene rings is 3. The lowest BCUT2D eigenvalue weighted by molar-refractivity contribution is 0.0908. The lowest BCUT2D eigenvalue weighted by Crippen LogP contribution is -2.44. The van der Waals surface area contributed by atoms with E-state index in [0.29, 0.717) is 16.8 Å². The van der Waals surface area contributed by atoms with Crippen molar-refractivity contribution in [2.75, 3.05) is 18.4 Å². The van der Waals surface area contributed by atoms with Crippen molar-refractivity contribution in [1.82, 2.24) is 10.2 Å². The summed E-state index contributed by atoms with van der Waals surface area (Å²) >= 11 is 0. The number of hydrogen-bond acceptors (Lipinski definition) is 3. The van der Waals surface area contributed by atoms with Gasteiger partial charge in [-0.1, -0.05) is 54.6 Å². The molecule has 0 atom stereocenters. The summed E-state index contributed by atoms with van der Waals surface area (Å²) in [5.74, 6) is -0.279. The molecule has 0 aliphatic carbocycles. The molecule has 5 heteroatoms. The van der Waals surface area contributed by atoms with Gasteiger partial charge in [0.25, 0.3) is 11.8 Å². The zero-order valence-electron chi connectivity index (χ0n) is 18.4. The summed E-state index contributed by atoms with van der Waals surface area (Å²) in [5, 5.41) is 6.10. The van der Waals surface area contributed by atoms with Crippen molar-refractivity contribution >= 4 is 17.5 Å². The number of anilines is 1. The van der Waals surface area contributed by atoms with Crippen LogP contribution in [0.15, 0.2) is 78.9 Å². The summed E-state index contributed by atoms with van der Waals surface area (Å²) in [6, 6.07) is 25.2. The van der Waals surface area contributed by atoms with E-state index in [-0.39, 0.29) is 17.9 Å². The molecule has 0 saturated carbocycles. The monoisotopic (exact) mass is 427 g/mol. The Labute approximate surface area is 189 Å². The Balaban J connectivity index is 1.33. The first-order valence-corrected chi connectivity index (χ1v) is 11.1. The van der Waals surface area contributed by atoms with E-state index in [2.05, 4.69) is 39.8 Å². The van der Waals surface area contributed by atoms with E-state index >= 15 is 0 Å². The van der Waals surface area contributed by atoms with Crippen molar-refractivity contribution in [2.24, 2.45) is 0 Å². The van der Waals surface area contributed by atoms with Crippen LogP contribution in [0.1, 0.15) is 44.7 Å². The SMILES string of the molecule is Cc1ccc(C(=O)NC2CCN(Cc3ccccc3)CC2)cc1NC(=O)c1ccccc1. The number of likely N-dealkylation sites (tertiary alicyclic amines) is 1. The lowest BCUT2D eigenvalue weighted by Gasteiger charge is -2.32. The average molecular weight is 428 g/mol. The zero-order chi connectivity index (χ0) is 22.3. The predicted octanol–water partition coefficient (Wildman–Crippen LogP) is 4.64. The van der Waals surface area contributed by atoms with Gasteiger partial charge in [0, 0.05) is 42.5 Å². The molecular formula is C27H29N3O2. The van der Waals surface area contributed by atoms with E-state index in [0.717, 1.165) is 38.0 Å². The normalized spacial score (nSPS) is 14.7. The maximum atomic E-state index is 12.9. The number of hydrogen-bond donors (Lipinski definition) is 2. The van der Waals surface area contributed by atoms with Crippen LogP contribution in [0.25, 0.3) is 0 Å². The second-order valence-electron chi connectivity index (χ2n) is 8.36. The maximum absolute atomic E-state index is 12.9. The summed E-state index contributed by atoms with van der Waals surface area (Å²) in [6.45, 7) is 4.80. The van der Waals surface area contributed by atoms with E-state index in [1.807, 2.05) is 43.3 Å². The van der Waals surface area contributed by atoms with Gasteiger partial charge in [0.05, 0.1) is 0 Å². The molecule has 5 nitrogen and oxygen atoms in total. The van der Waals surface area contributed by atoms with Crippen LogP contribution < -0.4 is 10.6 Å². The van der Waals surface area contributed by atoms with Crippen molar-refractivity contribution in [3.8, 4) is 0 Å². The third-order valence-electron chi connectivity index (χ3n) is 5.96. The average Bonchev–Trinajstić information content (AvgIpc) is 2.83. The summed E-state index contributed by atoms with van der Waals surface area (Å²) in [7, 11) is 0. The van der Waals surface area contributed by atoms with Crippen LogP contribution in [0, 0.1) is 6.92 Å². The van der Waals surface area contributed by atoms with E-state index in [9.17, 15) is 9.59 Å². The number of nitrogens with one attached hydrogen (secondary N) is 2. The number of aryl methyl sites for hydroxylation is 1. The molecule has 1 fully saturated rings. The highest BCUT2D eigenvalue weighted by Gasteiger charge is 2.21. The third-order valence-corrected chi connectivity index (χ3v) is 5.96. The number of carbonyl (C=O) groups is 2. The fourth-order valence-corrected chi connectivity index (χ4v) is 4.03. The molecule has 0 unspecified atom stereocenters. The zero-order valence-corrected chi connectivity index (χ0v) is 18.4. The topological polar surface area (TPSA) is 61.4 Å². The predicted molar refractivity (Wildman–Crippen MR) is 128 cm³/mol. The summed E-state index contributed by atoms with van der Waals surface area (Å²) in [6.07, 6.45) is 1.87. The van der Waals surface area contributed by atoms with E-state index < -0.39 is 0 Å². The minimum absolute atomic E-state index is 0.0956. The molecule has 1 saturated heterocycles. The Morgan fingerprint density at radius 1 is 0.844 bits per heavy atom. The highest BCUT2D eigenvalue weighted by molar-refractivity contribution is 6.05. The molecule has 2 amide bonds. The molecule has 0 spiro atoms. The van der Waals surface area contributed by atoms with Crippen molar-refractivity contribution in [1.29, 1.82) is 0 Å². The molecule has 4 rings (SSSR count). The second-order valence-corrected chi connectivity index (χ2v) is 8.36. The fourth-order valence-electron chi connectivity index (χ4n) is 4.03. The minimum Gasteiger partial charge on any atom is -0.349 e. The molecule has 32 heavy (non-hydrogen) atoms. The van der Waals surface area contributed by atoms with Crippen LogP contribution in [0.2, 0.25) is 0 Å². The van der Waals surface area contributed by atoms with Gasteiger partial charge in [-0.3, -0.25) is 14.5 Å². The third kappa shape index (κ3) is 5.62. The van der Waals surface area contributed by atoms with Crippen molar-refractivity contribution in [2.45, 2.75) is 32.4 Å². The first-order chi connectivity index (χ1) is 15.6. The van der Waals surface area contributed by atoms with Gasteiger partial charge in [-0.2, -0.15) is 0 Å². The Morgan fingerprint density at radius 2 is 1.50 bits per heavy atom.